The van der Waals surface area contributed by atoms with E-state index in [1.807, 2.05) is 0 Å². The zero-order valence-electron chi connectivity index (χ0n) is 10.7. The highest BCUT2D eigenvalue weighted by Gasteiger charge is 2.15. The normalized spacial score (nSPS) is 10.6. The van der Waals surface area contributed by atoms with Crippen molar-refractivity contribution < 1.29 is 9.90 Å². The van der Waals surface area contributed by atoms with Gasteiger partial charge in [0.2, 0.25) is 0 Å². The summed E-state index contributed by atoms with van der Waals surface area (Å²) in [6.45, 7) is 6.18. The average molecular weight is 261 g/mol. The van der Waals surface area contributed by atoms with Gasteiger partial charge in [-0.3, -0.25) is 0 Å². The molecule has 0 fully saturated rings. The maximum absolute atomic E-state index is 11.1. The molecule has 0 unspecified atom stereocenters. The molecule has 0 aliphatic heterocycles. The third-order valence-corrected chi connectivity index (χ3v) is 3.88. The molecule has 94 valence electrons. The number of carboxylic acid groups (broad SMARTS) is 1. The van der Waals surface area contributed by atoms with E-state index in [-0.39, 0.29) is 0 Å². The first-order valence-corrected chi connectivity index (χ1v) is 6.59. The molecule has 1 aromatic heterocycles. The van der Waals surface area contributed by atoms with E-state index in [0.717, 1.165) is 0 Å². The van der Waals surface area contributed by atoms with Crippen LogP contribution in [0.2, 0.25) is 0 Å². The lowest BCUT2D eigenvalue weighted by Gasteiger charge is -2.10. The Morgan fingerprint density at radius 2 is 1.89 bits per heavy atom. The van der Waals surface area contributed by atoms with Crippen LogP contribution in [0.1, 0.15) is 37.6 Å². The Kier molecular flexibility index (Phi) is 3.48. The van der Waals surface area contributed by atoms with Gasteiger partial charge in [0.05, 0.1) is 11.2 Å². The molecule has 4 heteroatoms. The first-order valence-electron chi connectivity index (χ1n) is 5.71. The predicted molar refractivity (Wildman–Crippen MR) is 72.5 cm³/mol. The quantitative estimate of drug-likeness (QED) is 0.921. The molecule has 0 aliphatic carbocycles. The molecule has 3 nitrogen and oxygen atoms in total. The lowest BCUT2D eigenvalue weighted by molar-refractivity contribution is 0.0701. The van der Waals surface area contributed by atoms with Gasteiger partial charge in [-0.2, -0.15) is 0 Å². The van der Waals surface area contributed by atoms with Crippen LogP contribution in [0.4, 0.5) is 0 Å². The lowest BCUT2D eigenvalue weighted by Crippen LogP contribution is -2.03. The molecular formula is C14H15NO2S. The van der Waals surface area contributed by atoms with E-state index in [9.17, 15) is 4.79 Å². The summed E-state index contributed by atoms with van der Waals surface area (Å²) in [7, 11) is 0. The number of hydrogen-bond donors (Lipinski definition) is 1. The predicted octanol–water partition coefficient (Wildman–Crippen LogP) is 3.36. The van der Waals surface area contributed by atoms with Crippen molar-refractivity contribution in [2.45, 2.75) is 27.2 Å². The molecule has 0 saturated carbocycles. The van der Waals surface area contributed by atoms with Crippen molar-refractivity contribution in [2.75, 3.05) is 0 Å². The fraction of sp³-hybridized carbons (Fsp3) is 0.286. The van der Waals surface area contributed by atoms with Crippen molar-refractivity contribution in [2.24, 2.45) is 0 Å². The van der Waals surface area contributed by atoms with Gasteiger partial charge in [-0.1, -0.05) is 17.7 Å². The van der Waals surface area contributed by atoms with Crippen LogP contribution >= 0.6 is 11.3 Å². The summed E-state index contributed by atoms with van der Waals surface area (Å²) < 4.78 is 0. The Hall–Kier alpha value is -1.68. The minimum atomic E-state index is -0.894. The van der Waals surface area contributed by atoms with Gasteiger partial charge in [-0.05, 0) is 37.5 Å². The number of benzene rings is 1. The van der Waals surface area contributed by atoms with E-state index in [4.69, 9.17) is 5.11 Å². The van der Waals surface area contributed by atoms with Gasteiger partial charge in [-0.25, -0.2) is 9.78 Å². The fourth-order valence-electron chi connectivity index (χ4n) is 2.23. The first kappa shape index (κ1) is 12.8. The number of aromatic nitrogens is 1. The van der Waals surface area contributed by atoms with Crippen LogP contribution in [0.15, 0.2) is 17.6 Å². The molecule has 1 heterocycles. The van der Waals surface area contributed by atoms with E-state index in [1.165, 1.54) is 33.6 Å². The van der Waals surface area contributed by atoms with Crippen LogP contribution in [0.5, 0.6) is 0 Å². The average Bonchev–Trinajstić information content (AvgIpc) is 2.71. The van der Waals surface area contributed by atoms with Crippen LogP contribution in [0.25, 0.3) is 0 Å². The van der Waals surface area contributed by atoms with Crippen molar-refractivity contribution in [3.05, 3.63) is 50.5 Å². The number of aromatic carboxylic acids is 1. The van der Waals surface area contributed by atoms with E-state index in [2.05, 4.69) is 37.9 Å². The van der Waals surface area contributed by atoms with Crippen molar-refractivity contribution in [3.8, 4) is 0 Å². The summed E-state index contributed by atoms with van der Waals surface area (Å²) in [6.07, 6.45) is 0.586. The third kappa shape index (κ3) is 2.43. The van der Waals surface area contributed by atoms with Gasteiger partial charge < -0.3 is 5.11 Å². The van der Waals surface area contributed by atoms with Gasteiger partial charge in [0.25, 0.3) is 0 Å². The molecule has 1 aromatic carbocycles. The van der Waals surface area contributed by atoms with Gasteiger partial charge in [0, 0.05) is 6.42 Å². The molecule has 18 heavy (non-hydrogen) atoms. The standard InChI is InChI=1S/C14H15NO2S/c1-8-4-9(2)11(10(3)5-8)6-12-13(14(16)17)18-7-15-12/h4-5,7H,6H2,1-3H3,(H,16,17). The van der Waals surface area contributed by atoms with Gasteiger partial charge >= 0.3 is 5.97 Å². The zero-order chi connectivity index (χ0) is 13.3. The minimum Gasteiger partial charge on any atom is -0.477 e. The van der Waals surface area contributed by atoms with Gasteiger partial charge in [-0.15, -0.1) is 11.3 Å². The third-order valence-electron chi connectivity index (χ3n) is 3.02. The second-order valence-electron chi connectivity index (χ2n) is 4.49. The fourth-order valence-corrected chi connectivity index (χ4v) is 2.87. The van der Waals surface area contributed by atoms with Gasteiger partial charge in [0.15, 0.2) is 0 Å². The maximum Gasteiger partial charge on any atom is 0.347 e. The second kappa shape index (κ2) is 4.90. The summed E-state index contributed by atoms with van der Waals surface area (Å²) in [5.41, 5.74) is 7.04. The Labute approximate surface area is 110 Å². The van der Waals surface area contributed by atoms with Crippen LogP contribution in [-0.4, -0.2) is 16.1 Å². The molecule has 2 aromatic rings. The molecule has 0 amide bonds. The van der Waals surface area contributed by atoms with Crippen molar-refractivity contribution >= 4 is 17.3 Å². The Morgan fingerprint density at radius 3 is 2.44 bits per heavy atom. The number of carboxylic acids is 1. The highest BCUT2D eigenvalue weighted by atomic mass is 32.1. The molecule has 0 spiro atoms. The summed E-state index contributed by atoms with van der Waals surface area (Å²) in [5.74, 6) is -0.894. The Morgan fingerprint density at radius 1 is 1.28 bits per heavy atom. The Bertz CT molecular complexity index is 579. The molecular weight excluding hydrogens is 246 g/mol. The number of rotatable bonds is 3. The monoisotopic (exact) mass is 261 g/mol. The smallest absolute Gasteiger partial charge is 0.347 e. The zero-order valence-corrected chi connectivity index (χ0v) is 11.5. The second-order valence-corrected chi connectivity index (χ2v) is 5.34. The number of aryl methyl sites for hydroxylation is 3. The molecule has 2 rings (SSSR count). The Balaban J connectivity index is 2.40. The molecule has 0 saturated heterocycles. The van der Waals surface area contributed by atoms with Crippen molar-refractivity contribution in [1.82, 2.24) is 4.98 Å². The topological polar surface area (TPSA) is 50.2 Å². The lowest BCUT2D eigenvalue weighted by atomic mass is 9.96. The maximum atomic E-state index is 11.1. The molecule has 0 radical (unpaired) electrons. The largest absolute Gasteiger partial charge is 0.477 e. The van der Waals surface area contributed by atoms with Crippen molar-refractivity contribution in [3.63, 3.8) is 0 Å². The van der Waals surface area contributed by atoms with E-state index in [1.54, 1.807) is 5.51 Å². The van der Waals surface area contributed by atoms with Gasteiger partial charge in [0.1, 0.15) is 4.88 Å². The highest BCUT2D eigenvalue weighted by molar-refractivity contribution is 7.11. The number of thiazole rings is 1. The number of hydrogen-bond acceptors (Lipinski definition) is 3. The van der Waals surface area contributed by atoms with E-state index < -0.39 is 5.97 Å². The minimum absolute atomic E-state index is 0.342. The highest BCUT2D eigenvalue weighted by Crippen LogP contribution is 2.22. The SMILES string of the molecule is Cc1cc(C)c(Cc2ncsc2C(=O)O)c(C)c1. The van der Waals surface area contributed by atoms with Crippen LogP contribution in [-0.2, 0) is 6.42 Å². The number of nitrogens with zero attached hydrogens (tertiary/aromatic N) is 1. The van der Waals surface area contributed by atoms with Crippen molar-refractivity contribution in [1.29, 1.82) is 0 Å². The van der Waals surface area contributed by atoms with E-state index in [0.29, 0.717) is 17.0 Å². The van der Waals surface area contributed by atoms with Crippen LogP contribution in [0.3, 0.4) is 0 Å². The first-order chi connectivity index (χ1) is 8.49. The summed E-state index contributed by atoms with van der Waals surface area (Å²) in [4.78, 5) is 15.6. The number of carbonyl (C=O) groups is 1. The van der Waals surface area contributed by atoms with Crippen LogP contribution < -0.4 is 0 Å². The molecule has 0 atom stereocenters. The van der Waals surface area contributed by atoms with E-state index >= 15 is 0 Å². The molecule has 0 bridgehead atoms. The molecule has 0 aliphatic rings. The summed E-state index contributed by atoms with van der Waals surface area (Å²) in [6, 6.07) is 4.24. The molecule has 1 N–H and O–H groups in total. The summed E-state index contributed by atoms with van der Waals surface area (Å²) >= 11 is 1.18. The van der Waals surface area contributed by atoms with Crippen LogP contribution in [0, 0.1) is 20.8 Å². The summed E-state index contributed by atoms with van der Waals surface area (Å²) in [5, 5.41) is 9.09.